The van der Waals surface area contributed by atoms with Crippen molar-refractivity contribution in [3.63, 3.8) is 0 Å². The lowest BCUT2D eigenvalue weighted by molar-refractivity contribution is -0.114. The summed E-state index contributed by atoms with van der Waals surface area (Å²) in [5, 5.41) is 2.72. The molecule has 0 saturated carbocycles. The van der Waals surface area contributed by atoms with Crippen molar-refractivity contribution >= 4 is 17.4 Å². The zero-order valence-electron chi connectivity index (χ0n) is 17.4. The molecule has 0 aromatic heterocycles. The van der Waals surface area contributed by atoms with Gasteiger partial charge in [0.25, 0.3) is 0 Å². The summed E-state index contributed by atoms with van der Waals surface area (Å²) in [4.78, 5) is 23.7. The molecule has 3 aromatic rings. The summed E-state index contributed by atoms with van der Waals surface area (Å²) in [6.07, 6.45) is -0.0714. The van der Waals surface area contributed by atoms with E-state index in [9.17, 15) is 9.59 Å². The highest BCUT2D eigenvalue weighted by atomic mass is 16.5. The minimum absolute atomic E-state index is 0.0692. The number of anilines is 1. The predicted molar refractivity (Wildman–Crippen MR) is 117 cm³/mol. The van der Waals surface area contributed by atoms with Gasteiger partial charge in [-0.3, -0.25) is 9.59 Å². The fourth-order valence-electron chi connectivity index (χ4n) is 3.57. The third kappa shape index (κ3) is 4.69. The summed E-state index contributed by atoms with van der Waals surface area (Å²) in [7, 11) is 1.61. The largest absolute Gasteiger partial charge is 0.496 e. The Kier molecular flexibility index (Phi) is 5.89. The Morgan fingerprint density at radius 3 is 2.61 bits per heavy atom. The minimum atomic E-state index is -0.357. The fraction of sp³-hybridized carbons (Fsp3) is 0.200. The number of benzene rings is 3. The second-order valence-corrected chi connectivity index (χ2v) is 7.30. The van der Waals surface area contributed by atoms with Crippen molar-refractivity contribution in [1.29, 1.82) is 0 Å². The number of methoxy groups -OCH3 is 1. The predicted octanol–water partition coefficient (Wildman–Crippen LogP) is 4.94. The summed E-state index contributed by atoms with van der Waals surface area (Å²) in [5.41, 5.74) is 3.07. The maximum absolute atomic E-state index is 12.5. The Balaban J connectivity index is 1.50. The normalized spacial score (nSPS) is 14.9. The highest BCUT2D eigenvalue weighted by Crippen LogP contribution is 2.36. The van der Waals surface area contributed by atoms with Gasteiger partial charge in [0.15, 0.2) is 5.78 Å². The van der Waals surface area contributed by atoms with Crippen LogP contribution < -0.4 is 19.5 Å². The van der Waals surface area contributed by atoms with Gasteiger partial charge in [-0.15, -0.1) is 0 Å². The summed E-state index contributed by atoms with van der Waals surface area (Å²) in [6, 6.07) is 20.2. The molecule has 0 saturated heterocycles. The zero-order chi connectivity index (χ0) is 21.8. The van der Waals surface area contributed by atoms with Crippen LogP contribution in [-0.4, -0.2) is 18.8 Å². The van der Waals surface area contributed by atoms with Gasteiger partial charge in [0.2, 0.25) is 5.91 Å². The lowest BCUT2D eigenvalue weighted by Gasteiger charge is -2.26. The lowest BCUT2D eigenvalue weighted by Crippen LogP contribution is -2.20. The molecular weight excluding hydrogens is 394 g/mol. The van der Waals surface area contributed by atoms with Crippen LogP contribution in [0.3, 0.4) is 0 Å². The van der Waals surface area contributed by atoms with E-state index in [0.717, 1.165) is 11.1 Å². The van der Waals surface area contributed by atoms with Gasteiger partial charge in [-0.25, -0.2) is 0 Å². The van der Waals surface area contributed by atoms with Crippen molar-refractivity contribution < 1.29 is 23.8 Å². The SMILES string of the molecule is COc1ccc([C@H]2CC(=O)c3ccccc3O2)cc1COc1ccc(NC(C)=O)cc1. The number of hydrogen-bond donors (Lipinski definition) is 1. The zero-order valence-corrected chi connectivity index (χ0v) is 17.4. The van der Waals surface area contributed by atoms with Gasteiger partial charge in [0.05, 0.1) is 19.1 Å². The fourth-order valence-corrected chi connectivity index (χ4v) is 3.57. The molecule has 1 amide bonds. The molecule has 1 aliphatic heterocycles. The molecular formula is C25H23NO5. The van der Waals surface area contributed by atoms with Gasteiger partial charge in [-0.1, -0.05) is 18.2 Å². The second kappa shape index (κ2) is 8.92. The van der Waals surface area contributed by atoms with Gasteiger partial charge >= 0.3 is 0 Å². The number of hydrogen-bond acceptors (Lipinski definition) is 5. The topological polar surface area (TPSA) is 73.9 Å². The second-order valence-electron chi connectivity index (χ2n) is 7.30. The van der Waals surface area contributed by atoms with Crippen LogP contribution in [0.4, 0.5) is 5.69 Å². The summed E-state index contributed by atoms with van der Waals surface area (Å²) in [6.45, 7) is 1.75. The van der Waals surface area contributed by atoms with Crippen LogP contribution in [0, 0.1) is 0 Å². The standard InChI is InChI=1S/C25H23NO5/c1-16(27)26-19-8-10-20(11-9-19)30-15-18-13-17(7-12-23(18)29-2)25-14-22(28)21-5-3-4-6-24(21)31-25/h3-13,25H,14-15H2,1-2H3,(H,26,27)/t25-/m1/s1. The summed E-state index contributed by atoms with van der Waals surface area (Å²) < 4.78 is 17.5. The first kappa shape index (κ1) is 20.5. The molecule has 4 rings (SSSR count). The van der Waals surface area contributed by atoms with E-state index in [1.165, 1.54) is 6.92 Å². The highest BCUT2D eigenvalue weighted by Gasteiger charge is 2.27. The molecule has 158 valence electrons. The number of carbonyl (C=O) groups excluding carboxylic acids is 2. The minimum Gasteiger partial charge on any atom is -0.496 e. The van der Waals surface area contributed by atoms with Gasteiger partial charge in [0, 0.05) is 18.2 Å². The molecule has 31 heavy (non-hydrogen) atoms. The van der Waals surface area contributed by atoms with Crippen molar-refractivity contribution in [3.05, 3.63) is 83.4 Å². The number of para-hydroxylation sites is 1. The van der Waals surface area contributed by atoms with E-state index >= 15 is 0 Å². The van der Waals surface area contributed by atoms with Gasteiger partial charge in [-0.2, -0.15) is 0 Å². The quantitative estimate of drug-likeness (QED) is 0.615. The highest BCUT2D eigenvalue weighted by molar-refractivity contribution is 6.00. The number of nitrogens with one attached hydrogen (secondary N) is 1. The van der Waals surface area contributed by atoms with Gasteiger partial charge in [0.1, 0.15) is 30.0 Å². The molecule has 3 aromatic carbocycles. The average Bonchev–Trinajstić information content (AvgIpc) is 2.78. The van der Waals surface area contributed by atoms with Crippen LogP contribution in [0.15, 0.2) is 66.7 Å². The van der Waals surface area contributed by atoms with Crippen molar-refractivity contribution in [1.82, 2.24) is 0 Å². The molecule has 1 N–H and O–H groups in total. The third-order valence-electron chi connectivity index (χ3n) is 5.07. The maximum Gasteiger partial charge on any atom is 0.221 e. The van der Waals surface area contributed by atoms with Gasteiger partial charge < -0.3 is 19.5 Å². The Morgan fingerprint density at radius 1 is 1.10 bits per heavy atom. The summed E-state index contributed by atoms with van der Waals surface area (Å²) >= 11 is 0. The number of ketones is 1. The molecule has 1 atom stereocenters. The maximum atomic E-state index is 12.5. The first-order valence-corrected chi connectivity index (χ1v) is 9.99. The van der Waals surface area contributed by atoms with E-state index in [1.807, 2.05) is 36.4 Å². The molecule has 6 heteroatoms. The molecule has 1 heterocycles. The first-order valence-electron chi connectivity index (χ1n) is 9.99. The van der Waals surface area contributed by atoms with Crippen LogP contribution in [0.1, 0.15) is 40.9 Å². The lowest BCUT2D eigenvalue weighted by atomic mass is 9.95. The molecule has 0 radical (unpaired) electrons. The third-order valence-corrected chi connectivity index (χ3v) is 5.07. The number of fused-ring (bicyclic) bond motifs is 1. The van der Waals surface area contributed by atoms with E-state index in [1.54, 1.807) is 37.4 Å². The Labute approximate surface area is 180 Å². The van der Waals surface area contributed by atoms with Crippen LogP contribution >= 0.6 is 0 Å². The molecule has 1 aliphatic rings. The monoisotopic (exact) mass is 417 g/mol. The van der Waals surface area contributed by atoms with Crippen LogP contribution in [0.25, 0.3) is 0 Å². The van der Waals surface area contributed by atoms with Crippen LogP contribution in [-0.2, 0) is 11.4 Å². The number of amides is 1. The van der Waals surface area contributed by atoms with E-state index in [0.29, 0.717) is 28.5 Å². The molecule has 0 spiro atoms. The molecule has 0 bridgehead atoms. The van der Waals surface area contributed by atoms with Crippen molar-refractivity contribution in [2.45, 2.75) is 26.1 Å². The summed E-state index contributed by atoms with van der Waals surface area (Å²) in [5.74, 6) is 1.92. The van der Waals surface area contributed by atoms with E-state index in [-0.39, 0.29) is 30.8 Å². The van der Waals surface area contributed by atoms with Crippen molar-refractivity contribution in [2.75, 3.05) is 12.4 Å². The van der Waals surface area contributed by atoms with E-state index < -0.39 is 0 Å². The molecule has 0 unspecified atom stereocenters. The Morgan fingerprint density at radius 2 is 1.87 bits per heavy atom. The number of ether oxygens (including phenoxy) is 3. The van der Waals surface area contributed by atoms with E-state index in [4.69, 9.17) is 14.2 Å². The van der Waals surface area contributed by atoms with Crippen molar-refractivity contribution in [2.24, 2.45) is 0 Å². The van der Waals surface area contributed by atoms with Crippen LogP contribution in [0.5, 0.6) is 17.2 Å². The first-order chi connectivity index (χ1) is 15.0. The average molecular weight is 417 g/mol. The van der Waals surface area contributed by atoms with Gasteiger partial charge in [-0.05, 0) is 54.1 Å². The van der Waals surface area contributed by atoms with Crippen LogP contribution in [0.2, 0.25) is 0 Å². The molecule has 6 nitrogen and oxygen atoms in total. The molecule has 0 aliphatic carbocycles. The van der Waals surface area contributed by atoms with Crippen molar-refractivity contribution in [3.8, 4) is 17.2 Å². The van der Waals surface area contributed by atoms with E-state index in [2.05, 4.69) is 5.32 Å². The Hall–Kier alpha value is -3.80. The smallest absolute Gasteiger partial charge is 0.221 e. The number of carbonyl (C=O) groups is 2. The number of rotatable bonds is 6. The molecule has 0 fully saturated rings. The Bertz CT molecular complexity index is 1110. The number of Topliss-reactive ketones (excluding diaryl/α,β-unsaturated/α-hetero) is 1.